The molecule has 1 aromatic heterocycles. The Bertz CT molecular complexity index is 578. The molecular formula is C18H24N2S. The van der Waals surface area contributed by atoms with E-state index in [1.54, 1.807) is 0 Å². The number of hydrogen-bond donors (Lipinski definition) is 1. The average Bonchev–Trinajstić information content (AvgIpc) is 2.94. The van der Waals surface area contributed by atoms with Gasteiger partial charge in [-0.3, -0.25) is 4.90 Å². The first-order chi connectivity index (χ1) is 10.1. The Labute approximate surface area is 131 Å². The standard InChI is InChI=1S/C18H24N2S/c1-13-11-19-17(16-7-5-4-6-8-16)12-20(13)15(3)18-10-9-14(2)21-18/h4-10,13,15,17,19H,11-12H2,1-3H3. The fourth-order valence-electron chi connectivity index (χ4n) is 3.18. The van der Waals surface area contributed by atoms with Crippen molar-refractivity contribution < 1.29 is 0 Å². The van der Waals surface area contributed by atoms with E-state index in [2.05, 4.69) is 73.5 Å². The van der Waals surface area contributed by atoms with Crippen molar-refractivity contribution in [3.05, 3.63) is 57.8 Å². The minimum atomic E-state index is 0.436. The molecule has 1 fully saturated rings. The van der Waals surface area contributed by atoms with E-state index in [4.69, 9.17) is 0 Å². The normalized spacial score (nSPS) is 24.9. The highest BCUT2D eigenvalue weighted by molar-refractivity contribution is 7.12. The molecule has 0 saturated carbocycles. The summed E-state index contributed by atoms with van der Waals surface area (Å²) in [5, 5.41) is 3.69. The number of aryl methyl sites for hydroxylation is 1. The lowest BCUT2D eigenvalue weighted by Crippen LogP contribution is -2.51. The van der Waals surface area contributed by atoms with Crippen molar-refractivity contribution in [2.75, 3.05) is 13.1 Å². The summed E-state index contributed by atoms with van der Waals surface area (Å²) in [5.41, 5.74) is 1.39. The van der Waals surface area contributed by atoms with Crippen LogP contribution in [-0.2, 0) is 0 Å². The van der Waals surface area contributed by atoms with Crippen molar-refractivity contribution >= 4 is 11.3 Å². The van der Waals surface area contributed by atoms with Crippen LogP contribution < -0.4 is 5.32 Å². The Morgan fingerprint density at radius 2 is 1.95 bits per heavy atom. The number of nitrogens with zero attached hydrogens (tertiary/aromatic N) is 1. The first-order valence-corrected chi connectivity index (χ1v) is 8.57. The third-order valence-electron chi connectivity index (χ3n) is 4.49. The van der Waals surface area contributed by atoms with E-state index >= 15 is 0 Å². The SMILES string of the molecule is Cc1ccc(C(C)N2CC(c3ccccc3)NCC2C)s1. The van der Waals surface area contributed by atoms with Gasteiger partial charge in [0.25, 0.3) is 0 Å². The van der Waals surface area contributed by atoms with E-state index in [1.165, 1.54) is 15.3 Å². The molecule has 3 rings (SSSR count). The maximum Gasteiger partial charge on any atom is 0.0450 e. The molecule has 0 amide bonds. The number of hydrogen-bond acceptors (Lipinski definition) is 3. The summed E-state index contributed by atoms with van der Waals surface area (Å²) in [6.07, 6.45) is 0. The third-order valence-corrected chi connectivity index (χ3v) is 5.66. The molecule has 1 aromatic carbocycles. The molecule has 1 aliphatic rings. The van der Waals surface area contributed by atoms with Gasteiger partial charge in [0.05, 0.1) is 0 Å². The Morgan fingerprint density at radius 1 is 1.19 bits per heavy atom. The van der Waals surface area contributed by atoms with Crippen molar-refractivity contribution in [1.29, 1.82) is 0 Å². The second-order valence-electron chi connectivity index (χ2n) is 6.04. The van der Waals surface area contributed by atoms with E-state index in [0.29, 0.717) is 18.1 Å². The van der Waals surface area contributed by atoms with Crippen LogP contribution in [0.2, 0.25) is 0 Å². The molecular weight excluding hydrogens is 276 g/mol. The monoisotopic (exact) mass is 300 g/mol. The predicted molar refractivity (Wildman–Crippen MR) is 90.8 cm³/mol. The molecule has 2 aromatic rings. The van der Waals surface area contributed by atoms with Gasteiger partial charge in [0, 0.05) is 41.0 Å². The second-order valence-corrected chi connectivity index (χ2v) is 7.36. The summed E-state index contributed by atoms with van der Waals surface area (Å²) in [4.78, 5) is 5.52. The van der Waals surface area contributed by atoms with Crippen LogP contribution in [0.5, 0.6) is 0 Å². The van der Waals surface area contributed by atoms with Crippen LogP contribution in [0.4, 0.5) is 0 Å². The summed E-state index contributed by atoms with van der Waals surface area (Å²) in [6, 6.07) is 16.8. The van der Waals surface area contributed by atoms with Gasteiger partial charge in [-0.05, 0) is 38.5 Å². The van der Waals surface area contributed by atoms with Crippen LogP contribution in [0.1, 0.15) is 41.2 Å². The molecule has 3 unspecified atom stereocenters. The minimum Gasteiger partial charge on any atom is -0.307 e. The molecule has 0 aliphatic carbocycles. The van der Waals surface area contributed by atoms with Gasteiger partial charge >= 0.3 is 0 Å². The Hall–Kier alpha value is -1.16. The van der Waals surface area contributed by atoms with Gasteiger partial charge in [0.2, 0.25) is 0 Å². The van der Waals surface area contributed by atoms with E-state index in [1.807, 2.05) is 11.3 Å². The zero-order valence-corrected chi connectivity index (χ0v) is 13.9. The van der Waals surface area contributed by atoms with Gasteiger partial charge in [0.15, 0.2) is 0 Å². The smallest absolute Gasteiger partial charge is 0.0450 e. The van der Waals surface area contributed by atoms with Crippen LogP contribution in [0.15, 0.2) is 42.5 Å². The van der Waals surface area contributed by atoms with Gasteiger partial charge in [-0.15, -0.1) is 11.3 Å². The summed E-state index contributed by atoms with van der Waals surface area (Å²) in [7, 11) is 0. The molecule has 2 nitrogen and oxygen atoms in total. The van der Waals surface area contributed by atoms with E-state index in [9.17, 15) is 0 Å². The number of benzene rings is 1. The first-order valence-electron chi connectivity index (χ1n) is 7.75. The van der Waals surface area contributed by atoms with Crippen molar-refractivity contribution in [3.8, 4) is 0 Å². The van der Waals surface area contributed by atoms with Crippen molar-refractivity contribution in [3.63, 3.8) is 0 Å². The lowest BCUT2D eigenvalue weighted by atomic mass is 10.0. The van der Waals surface area contributed by atoms with Crippen LogP contribution in [-0.4, -0.2) is 24.0 Å². The summed E-state index contributed by atoms with van der Waals surface area (Å²) in [5.74, 6) is 0. The fraction of sp³-hybridized carbons (Fsp3) is 0.444. The van der Waals surface area contributed by atoms with Crippen molar-refractivity contribution in [2.24, 2.45) is 0 Å². The van der Waals surface area contributed by atoms with Gasteiger partial charge in [-0.2, -0.15) is 0 Å². The summed E-state index contributed by atoms with van der Waals surface area (Å²) in [6.45, 7) is 8.98. The van der Waals surface area contributed by atoms with Crippen LogP contribution in [0.25, 0.3) is 0 Å². The molecule has 1 N–H and O–H groups in total. The molecule has 1 aliphatic heterocycles. The molecule has 21 heavy (non-hydrogen) atoms. The fourth-order valence-corrected chi connectivity index (χ4v) is 4.13. The van der Waals surface area contributed by atoms with Crippen molar-refractivity contribution in [1.82, 2.24) is 10.2 Å². The first kappa shape index (κ1) is 14.8. The van der Waals surface area contributed by atoms with Crippen LogP contribution in [0.3, 0.4) is 0 Å². The van der Waals surface area contributed by atoms with E-state index in [0.717, 1.165) is 13.1 Å². The largest absolute Gasteiger partial charge is 0.307 e. The van der Waals surface area contributed by atoms with Gasteiger partial charge < -0.3 is 5.32 Å². The second kappa shape index (κ2) is 6.30. The highest BCUT2D eigenvalue weighted by Crippen LogP contribution is 2.32. The molecule has 0 radical (unpaired) electrons. The average molecular weight is 300 g/mol. The van der Waals surface area contributed by atoms with E-state index in [-0.39, 0.29) is 0 Å². The molecule has 0 spiro atoms. The van der Waals surface area contributed by atoms with Gasteiger partial charge in [0.1, 0.15) is 0 Å². The van der Waals surface area contributed by atoms with Gasteiger partial charge in [-0.25, -0.2) is 0 Å². The molecule has 0 bridgehead atoms. The zero-order valence-electron chi connectivity index (χ0n) is 13.0. The molecule has 2 heterocycles. The summed E-state index contributed by atoms with van der Waals surface area (Å²) >= 11 is 1.93. The minimum absolute atomic E-state index is 0.436. The lowest BCUT2D eigenvalue weighted by Gasteiger charge is -2.42. The Morgan fingerprint density at radius 3 is 2.62 bits per heavy atom. The predicted octanol–water partition coefficient (Wildman–Crippen LogP) is 4.15. The lowest BCUT2D eigenvalue weighted by molar-refractivity contribution is 0.100. The maximum absolute atomic E-state index is 3.69. The third kappa shape index (κ3) is 3.20. The number of thiophene rings is 1. The molecule has 112 valence electrons. The zero-order chi connectivity index (χ0) is 14.8. The number of rotatable bonds is 3. The van der Waals surface area contributed by atoms with Crippen LogP contribution in [0, 0.1) is 6.92 Å². The Balaban J connectivity index is 1.77. The number of nitrogens with one attached hydrogen (secondary N) is 1. The maximum atomic E-state index is 3.69. The van der Waals surface area contributed by atoms with E-state index < -0.39 is 0 Å². The molecule has 3 atom stereocenters. The van der Waals surface area contributed by atoms with Crippen molar-refractivity contribution in [2.45, 2.75) is 38.9 Å². The highest BCUT2D eigenvalue weighted by atomic mass is 32.1. The summed E-state index contributed by atoms with van der Waals surface area (Å²) < 4.78 is 0. The molecule has 3 heteroatoms. The quantitative estimate of drug-likeness (QED) is 0.916. The van der Waals surface area contributed by atoms with Gasteiger partial charge in [-0.1, -0.05) is 30.3 Å². The topological polar surface area (TPSA) is 15.3 Å². The highest BCUT2D eigenvalue weighted by Gasteiger charge is 2.30. The molecule has 1 saturated heterocycles. The number of piperazine rings is 1. The van der Waals surface area contributed by atoms with Crippen LogP contribution >= 0.6 is 11.3 Å². The Kier molecular flexibility index (Phi) is 4.43.